The van der Waals surface area contributed by atoms with E-state index in [1.165, 1.54) is 6.07 Å². The highest BCUT2D eigenvalue weighted by Crippen LogP contribution is 2.21. The van der Waals surface area contributed by atoms with Crippen molar-refractivity contribution in [3.63, 3.8) is 0 Å². The van der Waals surface area contributed by atoms with Crippen LogP contribution in [-0.2, 0) is 11.2 Å². The summed E-state index contributed by atoms with van der Waals surface area (Å²) in [5.74, 6) is -0.0909. The quantitative estimate of drug-likeness (QED) is 0.755. The van der Waals surface area contributed by atoms with Gasteiger partial charge >= 0.3 is 5.63 Å². The van der Waals surface area contributed by atoms with Gasteiger partial charge in [0.25, 0.3) is 0 Å². The maximum Gasteiger partial charge on any atom is 0.336 e. The van der Waals surface area contributed by atoms with E-state index < -0.39 is 0 Å². The van der Waals surface area contributed by atoms with Crippen molar-refractivity contribution in [1.82, 2.24) is 0 Å². The predicted molar refractivity (Wildman–Crippen MR) is 83.9 cm³/mol. The molecule has 0 saturated carbocycles. The third-order valence-electron chi connectivity index (χ3n) is 3.15. The summed E-state index contributed by atoms with van der Waals surface area (Å²) >= 11 is 1.55. The number of anilines is 1. The van der Waals surface area contributed by atoms with Crippen LogP contribution in [0.15, 0.2) is 51.0 Å². The van der Waals surface area contributed by atoms with Gasteiger partial charge in [-0.2, -0.15) is 0 Å². The van der Waals surface area contributed by atoms with Crippen LogP contribution >= 0.6 is 11.3 Å². The number of fused-ring (bicyclic) bond motifs is 1. The van der Waals surface area contributed by atoms with Crippen molar-refractivity contribution < 1.29 is 9.21 Å². The van der Waals surface area contributed by atoms with Crippen LogP contribution in [0, 0.1) is 6.92 Å². The Hall–Kier alpha value is -2.40. The second-order valence-electron chi connectivity index (χ2n) is 4.76. The van der Waals surface area contributed by atoms with E-state index >= 15 is 0 Å². The van der Waals surface area contributed by atoms with Crippen LogP contribution in [0.5, 0.6) is 0 Å². The number of carbonyl (C=O) groups is 1. The Morgan fingerprint density at radius 3 is 2.90 bits per heavy atom. The van der Waals surface area contributed by atoms with Crippen LogP contribution in [0.1, 0.15) is 10.4 Å². The van der Waals surface area contributed by atoms with E-state index in [2.05, 4.69) is 5.32 Å². The van der Waals surface area contributed by atoms with Gasteiger partial charge in [-0.3, -0.25) is 4.79 Å². The highest BCUT2D eigenvalue weighted by Gasteiger charge is 2.07. The van der Waals surface area contributed by atoms with Gasteiger partial charge in [0.15, 0.2) is 0 Å². The van der Waals surface area contributed by atoms with E-state index in [0.717, 1.165) is 15.8 Å². The molecule has 0 aliphatic carbocycles. The molecule has 1 aromatic carbocycles. The second kappa shape index (κ2) is 5.54. The highest BCUT2D eigenvalue weighted by atomic mass is 32.1. The summed E-state index contributed by atoms with van der Waals surface area (Å²) < 4.78 is 5.17. The average molecular weight is 299 g/mol. The maximum atomic E-state index is 12.0. The zero-order chi connectivity index (χ0) is 14.8. The first-order chi connectivity index (χ1) is 10.1. The first-order valence-electron chi connectivity index (χ1n) is 6.48. The van der Waals surface area contributed by atoms with Gasteiger partial charge in [0, 0.05) is 28.1 Å². The molecule has 0 unspecified atom stereocenters. The summed E-state index contributed by atoms with van der Waals surface area (Å²) in [5.41, 5.74) is 1.58. The predicted octanol–water partition coefficient (Wildman–Crippen LogP) is 3.34. The third-order valence-corrected chi connectivity index (χ3v) is 4.03. The molecule has 2 aromatic heterocycles. The van der Waals surface area contributed by atoms with Gasteiger partial charge in [0.1, 0.15) is 5.58 Å². The van der Waals surface area contributed by atoms with Gasteiger partial charge < -0.3 is 9.73 Å². The molecule has 0 saturated heterocycles. The molecule has 1 amide bonds. The third kappa shape index (κ3) is 3.03. The fraction of sp³-hybridized carbons (Fsp3) is 0.125. The van der Waals surface area contributed by atoms with E-state index in [1.807, 2.05) is 36.6 Å². The number of nitrogens with one attached hydrogen (secondary N) is 1. The van der Waals surface area contributed by atoms with E-state index in [4.69, 9.17) is 4.42 Å². The highest BCUT2D eigenvalue weighted by molar-refractivity contribution is 7.10. The molecule has 5 heteroatoms. The molecule has 0 bridgehead atoms. The summed E-state index contributed by atoms with van der Waals surface area (Å²) in [6.07, 6.45) is 0.341. The molecule has 4 nitrogen and oxygen atoms in total. The van der Waals surface area contributed by atoms with E-state index in [9.17, 15) is 9.59 Å². The molecule has 0 atom stereocenters. The monoisotopic (exact) mass is 299 g/mol. The summed E-state index contributed by atoms with van der Waals surface area (Å²) in [4.78, 5) is 24.4. The number of amides is 1. The minimum atomic E-state index is -0.387. The standard InChI is InChI=1S/C16H13NO3S/c1-10-7-16(19)20-14-8-11(4-5-13(10)14)17-15(18)9-12-3-2-6-21-12/h2-8H,9H2,1H3,(H,17,18). The van der Waals surface area contributed by atoms with Crippen molar-refractivity contribution in [3.8, 4) is 0 Å². The minimum Gasteiger partial charge on any atom is -0.423 e. The van der Waals surface area contributed by atoms with Crippen molar-refractivity contribution in [1.29, 1.82) is 0 Å². The van der Waals surface area contributed by atoms with Crippen LogP contribution < -0.4 is 10.9 Å². The molecule has 0 radical (unpaired) electrons. The lowest BCUT2D eigenvalue weighted by Crippen LogP contribution is -2.13. The first-order valence-corrected chi connectivity index (χ1v) is 7.36. The van der Waals surface area contributed by atoms with Gasteiger partial charge in [-0.25, -0.2) is 4.79 Å². The molecular weight excluding hydrogens is 286 g/mol. The van der Waals surface area contributed by atoms with Crippen LogP contribution in [0.3, 0.4) is 0 Å². The van der Waals surface area contributed by atoms with Crippen molar-refractivity contribution in [3.05, 3.63) is 62.6 Å². The van der Waals surface area contributed by atoms with E-state index in [1.54, 1.807) is 17.4 Å². The summed E-state index contributed by atoms with van der Waals surface area (Å²) in [5, 5.41) is 5.62. The SMILES string of the molecule is Cc1cc(=O)oc2cc(NC(=O)Cc3cccs3)ccc12. The zero-order valence-electron chi connectivity index (χ0n) is 11.4. The molecule has 3 rings (SSSR count). The van der Waals surface area contributed by atoms with Crippen LogP contribution in [-0.4, -0.2) is 5.91 Å². The molecule has 106 valence electrons. The van der Waals surface area contributed by atoms with Gasteiger partial charge in [-0.05, 0) is 36.1 Å². The topological polar surface area (TPSA) is 59.3 Å². The Morgan fingerprint density at radius 1 is 1.29 bits per heavy atom. The Labute approximate surface area is 125 Å². The van der Waals surface area contributed by atoms with Crippen molar-refractivity contribution in [2.45, 2.75) is 13.3 Å². The molecule has 0 aliphatic heterocycles. The Morgan fingerprint density at radius 2 is 2.14 bits per heavy atom. The number of aryl methyl sites for hydroxylation is 1. The Kier molecular flexibility index (Phi) is 3.58. The van der Waals surface area contributed by atoms with Gasteiger partial charge in [0.2, 0.25) is 5.91 Å². The van der Waals surface area contributed by atoms with Crippen LogP contribution in [0.2, 0.25) is 0 Å². The lowest BCUT2D eigenvalue weighted by Gasteiger charge is -2.06. The molecule has 1 N–H and O–H groups in total. The second-order valence-corrected chi connectivity index (χ2v) is 5.80. The van der Waals surface area contributed by atoms with E-state index in [-0.39, 0.29) is 11.5 Å². The average Bonchev–Trinajstić information content (AvgIpc) is 2.90. The maximum absolute atomic E-state index is 12.0. The lowest BCUT2D eigenvalue weighted by molar-refractivity contribution is -0.115. The Bertz CT molecular complexity index is 850. The van der Waals surface area contributed by atoms with Gasteiger partial charge in [-0.1, -0.05) is 6.07 Å². The lowest BCUT2D eigenvalue weighted by atomic mass is 10.1. The fourth-order valence-corrected chi connectivity index (χ4v) is 2.88. The number of carbonyl (C=O) groups excluding carboxylic acids is 1. The molecule has 2 heterocycles. The van der Waals surface area contributed by atoms with Crippen molar-refractivity contribution >= 4 is 33.9 Å². The van der Waals surface area contributed by atoms with Crippen molar-refractivity contribution in [2.24, 2.45) is 0 Å². The number of hydrogen-bond acceptors (Lipinski definition) is 4. The van der Waals surface area contributed by atoms with Crippen LogP contribution in [0.25, 0.3) is 11.0 Å². The smallest absolute Gasteiger partial charge is 0.336 e. The first kappa shape index (κ1) is 13.6. The van der Waals surface area contributed by atoms with E-state index in [0.29, 0.717) is 17.7 Å². The molecule has 0 spiro atoms. The van der Waals surface area contributed by atoms with Crippen LogP contribution in [0.4, 0.5) is 5.69 Å². The molecule has 0 aliphatic rings. The summed E-state index contributed by atoms with van der Waals surface area (Å²) in [6.45, 7) is 1.86. The summed E-state index contributed by atoms with van der Waals surface area (Å²) in [7, 11) is 0. The number of hydrogen-bond donors (Lipinski definition) is 1. The number of rotatable bonds is 3. The largest absolute Gasteiger partial charge is 0.423 e. The van der Waals surface area contributed by atoms with Gasteiger partial charge in [-0.15, -0.1) is 11.3 Å². The summed E-state index contributed by atoms with van der Waals surface area (Å²) in [6, 6.07) is 10.6. The number of benzene rings is 1. The molecule has 3 aromatic rings. The zero-order valence-corrected chi connectivity index (χ0v) is 12.2. The molecular formula is C16H13NO3S. The minimum absolute atomic E-state index is 0.0909. The number of thiophene rings is 1. The molecule has 0 fully saturated rings. The normalized spacial score (nSPS) is 10.7. The van der Waals surface area contributed by atoms with Crippen molar-refractivity contribution in [2.75, 3.05) is 5.32 Å². The Balaban J connectivity index is 1.84. The fourth-order valence-electron chi connectivity index (χ4n) is 2.18. The molecule has 21 heavy (non-hydrogen) atoms. The van der Waals surface area contributed by atoms with Gasteiger partial charge in [0.05, 0.1) is 6.42 Å².